The molecule has 0 heterocycles. The van der Waals surface area contributed by atoms with E-state index < -0.39 is 11.9 Å². The van der Waals surface area contributed by atoms with Crippen LogP contribution >= 0.6 is 11.6 Å². The van der Waals surface area contributed by atoms with Crippen LogP contribution in [0.2, 0.25) is 5.02 Å². The minimum absolute atomic E-state index is 0.0258. The molecule has 0 aromatic heterocycles. The molecule has 1 rings (SSSR count). The third-order valence-corrected chi connectivity index (χ3v) is 2.62. The smallest absolute Gasteiger partial charge is 0.331 e. The molecule has 0 atom stereocenters. The summed E-state index contributed by atoms with van der Waals surface area (Å²) in [5.74, 6) is -1.61. The lowest BCUT2D eigenvalue weighted by Gasteiger charge is -2.07. The number of rotatable bonds is 3. The minimum Gasteiger partial charge on any atom is -0.478 e. The first-order valence-electron chi connectivity index (χ1n) is 4.89. The number of halogens is 1. The minimum atomic E-state index is -1.12. The molecule has 2 N–H and O–H groups in total. The van der Waals surface area contributed by atoms with Crippen LogP contribution in [0, 0.1) is 6.92 Å². The highest BCUT2D eigenvalue weighted by molar-refractivity contribution is 6.31. The van der Waals surface area contributed by atoms with Crippen LogP contribution in [-0.4, -0.2) is 17.0 Å². The standard InChI is InChI=1S/C12H12ClNO3/c1-7(12(16)17)6-11(15)14-10-5-3-4-9(13)8(10)2/h3-6H,1-2H3,(H,14,15)(H,16,17)/b7-6+. The Hall–Kier alpha value is -1.81. The van der Waals surface area contributed by atoms with E-state index in [0.717, 1.165) is 11.6 Å². The van der Waals surface area contributed by atoms with E-state index in [1.165, 1.54) is 6.92 Å². The van der Waals surface area contributed by atoms with Gasteiger partial charge in [-0.3, -0.25) is 4.79 Å². The van der Waals surface area contributed by atoms with Crippen LogP contribution in [0.1, 0.15) is 12.5 Å². The van der Waals surface area contributed by atoms with Crippen LogP contribution in [0.25, 0.3) is 0 Å². The summed E-state index contributed by atoms with van der Waals surface area (Å²) >= 11 is 5.89. The molecule has 0 aliphatic heterocycles. The number of benzene rings is 1. The van der Waals surface area contributed by atoms with Crippen molar-refractivity contribution in [3.8, 4) is 0 Å². The Morgan fingerprint density at radius 3 is 2.65 bits per heavy atom. The molecule has 0 fully saturated rings. The first kappa shape index (κ1) is 13.3. The summed E-state index contributed by atoms with van der Waals surface area (Å²) in [4.78, 5) is 22.0. The first-order chi connectivity index (χ1) is 7.91. The van der Waals surface area contributed by atoms with Crippen LogP contribution < -0.4 is 5.32 Å². The molecule has 0 saturated heterocycles. The molecule has 1 aromatic rings. The van der Waals surface area contributed by atoms with E-state index in [0.29, 0.717) is 10.7 Å². The molecule has 0 aliphatic rings. The molecule has 0 saturated carbocycles. The topological polar surface area (TPSA) is 66.4 Å². The van der Waals surface area contributed by atoms with Gasteiger partial charge in [0.25, 0.3) is 0 Å². The second kappa shape index (κ2) is 5.50. The molecular formula is C12H12ClNO3. The molecule has 1 aromatic carbocycles. The maximum absolute atomic E-state index is 11.5. The quantitative estimate of drug-likeness (QED) is 0.814. The second-order valence-electron chi connectivity index (χ2n) is 3.53. The Balaban J connectivity index is 2.86. The van der Waals surface area contributed by atoms with Gasteiger partial charge in [0.05, 0.1) is 0 Å². The highest BCUT2D eigenvalue weighted by Gasteiger charge is 2.07. The summed E-state index contributed by atoms with van der Waals surface area (Å²) in [6.45, 7) is 3.12. The summed E-state index contributed by atoms with van der Waals surface area (Å²) in [6, 6.07) is 5.12. The van der Waals surface area contributed by atoms with Crippen molar-refractivity contribution in [1.29, 1.82) is 0 Å². The zero-order chi connectivity index (χ0) is 13.0. The number of carbonyl (C=O) groups is 2. The summed E-state index contributed by atoms with van der Waals surface area (Å²) in [5.41, 5.74) is 1.28. The Kier molecular flexibility index (Phi) is 4.29. The monoisotopic (exact) mass is 253 g/mol. The summed E-state index contributed by atoms with van der Waals surface area (Å²) < 4.78 is 0. The number of carboxylic acid groups (broad SMARTS) is 1. The van der Waals surface area contributed by atoms with Gasteiger partial charge in [-0.2, -0.15) is 0 Å². The average molecular weight is 254 g/mol. The fourth-order valence-electron chi connectivity index (χ4n) is 1.17. The third-order valence-electron chi connectivity index (χ3n) is 2.21. The highest BCUT2D eigenvalue weighted by atomic mass is 35.5. The number of carbonyl (C=O) groups excluding carboxylic acids is 1. The van der Waals surface area contributed by atoms with Gasteiger partial charge in [-0.25, -0.2) is 4.79 Å². The lowest BCUT2D eigenvalue weighted by molar-refractivity contribution is -0.132. The van der Waals surface area contributed by atoms with Crippen molar-refractivity contribution in [2.45, 2.75) is 13.8 Å². The number of aliphatic carboxylic acids is 1. The molecule has 0 radical (unpaired) electrons. The number of nitrogens with one attached hydrogen (secondary N) is 1. The number of hydrogen-bond acceptors (Lipinski definition) is 2. The van der Waals surface area contributed by atoms with Gasteiger partial charge in [-0.1, -0.05) is 17.7 Å². The van der Waals surface area contributed by atoms with Crippen molar-refractivity contribution in [3.63, 3.8) is 0 Å². The third kappa shape index (κ3) is 3.60. The van der Waals surface area contributed by atoms with E-state index in [4.69, 9.17) is 16.7 Å². The van der Waals surface area contributed by atoms with Crippen molar-refractivity contribution in [3.05, 3.63) is 40.4 Å². The normalized spacial score (nSPS) is 11.1. The molecule has 90 valence electrons. The van der Waals surface area contributed by atoms with Crippen molar-refractivity contribution < 1.29 is 14.7 Å². The molecule has 0 bridgehead atoms. The van der Waals surface area contributed by atoms with E-state index in [-0.39, 0.29) is 5.57 Å². The van der Waals surface area contributed by atoms with Gasteiger partial charge in [-0.05, 0) is 31.5 Å². The van der Waals surface area contributed by atoms with Crippen molar-refractivity contribution in [2.75, 3.05) is 5.32 Å². The highest BCUT2D eigenvalue weighted by Crippen LogP contribution is 2.22. The molecule has 17 heavy (non-hydrogen) atoms. The van der Waals surface area contributed by atoms with Gasteiger partial charge in [-0.15, -0.1) is 0 Å². The summed E-state index contributed by atoms with van der Waals surface area (Å²) in [7, 11) is 0. The fraction of sp³-hybridized carbons (Fsp3) is 0.167. The number of anilines is 1. The van der Waals surface area contributed by atoms with Crippen LogP contribution in [-0.2, 0) is 9.59 Å². The number of amides is 1. The predicted octanol–water partition coefficient (Wildman–Crippen LogP) is 2.62. The maximum atomic E-state index is 11.5. The fourth-order valence-corrected chi connectivity index (χ4v) is 1.34. The first-order valence-corrected chi connectivity index (χ1v) is 5.27. The average Bonchev–Trinajstić information content (AvgIpc) is 2.24. The van der Waals surface area contributed by atoms with Crippen LogP contribution in [0.3, 0.4) is 0 Å². The largest absolute Gasteiger partial charge is 0.478 e. The van der Waals surface area contributed by atoms with E-state index in [1.807, 2.05) is 0 Å². The van der Waals surface area contributed by atoms with Crippen LogP contribution in [0.15, 0.2) is 29.8 Å². The molecule has 0 spiro atoms. The molecule has 0 unspecified atom stereocenters. The zero-order valence-electron chi connectivity index (χ0n) is 9.45. The van der Waals surface area contributed by atoms with Crippen molar-refractivity contribution in [2.24, 2.45) is 0 Å². The van der Waals surface area contributed by atoms with E-state index in [9.17, 15) is 9.59 Å². The zero-order valence-corrected chi connectivity index (χ0v) is 10.2. The Bertz CT molecular complexity index is 495. The van der Waals surface area contributed by atoms with Gasteiger partial charge < -0.3 is 10.4 Å². The lowest BCUT2D eigenvalue weighted by atomic mass is 10.2. The van der Waals surface area contributed by atoms with Gasteiger partial charge in [0.15, 0.2) is 0 Å². The summed E-state index contributed by atoms with van der Waals surface area (Å²) in [6.07, 6.45) is 1.03. The van der Waals surface area contributed by atoms with Crippen LogP contribution in [0.5, 0.6) is 0 Å². The lowest BCUT2D eigenvalue weighted by Crippen LogP contribution is -2.11. The maximum Gasteiger partial charge on any atom is 0.331 e. The molecular weight excluding hydrogens is 242 g/mol. The van der Waals surface area contributed by atoms with Gasteiger partial charge in [0.2, 0.25) is 5.91 Å². The van der Waals surface area contributed by atoms with E-state index in [1.54, 1.807) is 25.1 Å². The Labute approximate surface area is 104 Å². The summed E-state index contributed by atoms with van der Waals surface area (Å²) in [5, 5.41) is 11.7. The number of carboxylic acids is 1. The number of hydrogen-bond donors (Lipinski definition) is 2. The van der Waals surface area contributed by atoms with Crippen molar-refractivity contribution >= 4 is 29.2 Å². The predicted molar refractivity (Wildman–Crippen MR) is 66.2 cm³/mol. The Morgan fingerprint density at radius 2 is 2.06 bits per heavy atom. The second-order valence-corrected chi connectivity index (χ2v) is 3.94. The van der Waals surface area contributed by atoms with E-state index >= 15 is 0 Å². The van der Waals surface area contributed by atoms with E-state index in [2.05, 4.69) is 5.32 Å². The molecule has 1 amide bonds. The Morgan fingerprint density at radius 1 is 1.41 bits per heavy atom. The van der Waals surface area contributed by atoms with Crippen LogP contribution in [0.4, 0.5) is 5.69 Å². The SMILES string of the molecule is C/C(=C\C(=O)Nc1cccc(Cl)c1C)C(=O)O. The molecule has 0 aliphatic carbocycles. The van der Waals surface area contributed by atoms with Gasteiger partial charge >= 0.3 is 5.97 Å². The molecule has 4 nitrogen and oxygen atoms in total. The van der Waals surface area contributed by atoms with Gasteiger partial charge in [0.1, 0.15) is 0 Å². The molecule has 5 heteroatoms. The van der Waals surface area contributed by atoms with Gasteiger partial charge in [0, 0.05) is 22.4 Å². The van der Waals surface area contributed by atoms with Crippen molar-refractivity contribution in [1.82, 2.24) is 0 Å².